The third-order valence-electron chi connectivity index (χ3n) is 4.98. The van der Waals surface area contributed by atoms with Gasteiger partial charge in [0.1, 0.15) is 24.2 Å². The van der Waals surface area contributed by atoms with E-state index in [2.05, 4.69) is 5.32 Å². The monoisotopic (exact) mass is 493 g/mol. The summed E-state index contributed by atoms with van der Waals surface area (Å²) in [5, 5.41) is 2.81. The van der Waals surface area contributed by atoms with Gasteiger partial charge >= 0.3 is 0 Å². The van der Waals surface area contributed by atoms with Gasteiger partial charge in [0.25, 0.3) is 0 Å². The Morgan fingerprint density at radius 3 is 2.32 bits per heavy atom. The summed E-state index contributed by atoms with van der Waals surface area (Å²) in [5.41, 5.74) is -0.122. The molecule has 2 aromatic carbocycles. The van der Waals surface area contributed by atoms with Crippen molar-refractivity contribution in [2.75, 3.05) is 24.2 Å². The number of hydrogen-bond acceptors (Lipinski definition) is 5. The second-order valence-electron chi connectivity index (χ2n) is 9.00. The van der Waals surface area contributed by atoms with E-state index in [1.807, 2.05) is 0 Å². The largest absolute Gasteiger partial charge is 0.497 e. The molecule has 1 atom stereocenters. The molecule has 1 N–H and O–H groups in total. The molecule has 2 aromatic rings. The number of anilines is 1. The van der Waals surface area contributed by atoms with Gasteiger partial charge in [0.15, 0.2) is 0 Å². The molecule has 0 aliphatic heterocycles. The number of nitrogens with zero attached hydrogens (tertiary/aromatic N) is 2. The minimum atomic E-state index is -3.87. The van der Waals surface area contributed by atoms with Gasteiger partial charge in [0, 0.05) is 23.7 Å². The smallest absolute Gasteiger partial charge is 0.244 e. The third kappa shape index (κ3) is 7.44. The number of benzene rings is 2. The summed E-state index contributed by atoms with van der Waals surface area (Å²) in [6, 6.07) is 11.2. The Balaban J connectivity index is 2.43. The van der Waals surface area contributed by atoms with E-state index in [0.717, 1.165) is 10.6 Å². The van der Waals surface area contributed by atoms with Gasteiger partial charge in [-0.05, 0) is 45.9 Å². The standard InChI is InChI=1S/C24H32FN3O5S/c1-17(23(30)26-24(2,3)4)27(15-18-10-7-8-13-21(18)25)22(29)16-28(34(6,31)32)19-11-9-12-20(14-19)33-5/h7-14,17H,15-16H2,1-6H3,(H,26,30). The second kappa shape index (κ2) is 10.9. The Morgan fingerprint density at radius 2 is 1.76 bits per heavy atom. The molecule has 10 heteroatoms. The molecule has 0 aliphatic carbocycles. The first kappa shape index (κ1) is 27.1. The maximum Gasteiger partial charge on any atom is 0.244 e. The van der Waals surface area contributed by atoms with E-state index in [1.54, 1.807) is 39.0 Å². The molecule has 0 saturated heterocycles. The molecule has 0 fully saturated rings. The van der Waals surface area contributed by atoms with Crippen LogP contribution >= 0.6 is 0 Å². The molecule has 0 aromatic heterocycles. The molecule has 1 unspecified atom stereocenters. The van der Waals surface area contributed by atoms with E-state index >= 15 is 0 Å². The van der Waals surface area contributed by atoms with Crippen molar-refractivity contribution in [1.29, 1.82) is 0 Å². The van der Waals surface area contributed by atoms with E-state index < -0.39 is 45.8 Å². The molecule has 2 amide bonds. The zero-order valence-corrected chi connectivity index (χ0v) is 21.1. The second-order valence-corrected chi connectivity index (χ2v) is 10.9. The third-order valence-corrected chi connectivity index (χ3v) is 6.13. The predicted molar refractivity (Wildman–Crippen MR) is 129 cm³/mol. The first-order valence-electron chi connectivity index (χ1n) is 10.7. The summed E-state index contributed by atoms with van der Waals surface area (Å²) < 4.78 is 45.6. The number of carbonyl (C=O) groups excluding carboxylic acids is 2. The van der Waals surface area contributed by atoms with Crippen molar-refractivity contribution in [3.63, 3.8) is 0 Å². The highest BCUT2D eigenvalue weighted by Gasteiger charge is 2.31. The fraction of sp³-hybridized carbons (Fsp3) is 0.417. The number of sulfonamides is 1. The first-order valence-corrected chi connectivity index (χ1v) is 12.5. The number of rotatable bonds is 9. The SMILES string of the molecule is COc1cccc(N(CC(=O)N(Cc2ccccc2F)C(C)C(=O)NC(C)(C)C)S(C)(=O)=O)c1. The zero-order chi connectivity index (χ0) is 25.7. The van der Waals surface area contributed by atoms with Crippen LogP contribution in [0.3, 0.4) is 0 Å². The van der Waals surface area contributed by atoms with Crippen LogP contribution in [0.5, 0.6) is 5.75 Å². The van der Waals surface area contributed by atoms with Gasteiger partial charge < -0.3 is 15.0 Å². The summed E-state index contributed by atoms with van der Waals surface area (Å²) in [6.07, 6.45) is 0.983. The Hall–Kier alpha value is -3.14. The van der Waals surface area contributed by atoms with Crippen LogP contribution in [0.1, 0.15) is 33.3 Å². The Morgan fingerprint density at radius 1 is 1.12 bits per heavy atom. The van der Waals surface area contributed by atoms with Gasteiger partial charge in [-0.25, -0.2) is 12.8 Å². The predicted octanol–water partition coefficient (Wildman–Crippen LogP) is 2.93. The average molecular weight is 494 g/mol. The van der Waals surface area contributed by atoms with Crippen molar-refractivity contribution >= 4 is 27.5 Å². The highest BCUT2D eigenvalue weighted by Crippen LogP contribution is 2.24. The van der Waals surface area contributed by atoms with Gasteiger partial charge in [-0.2, -0.15) is 0 Å². The number of methoxy groups -OCH3 is 1. The van der Waals surface area contributed by atoms with Crippen molar-refractivity contribution < 1.29 is 27.1 Å². The summed E-state index contributed by atoms with van der Waals surface area (Å²) in [5.74, 6) is -1.21. The molecule has 0 heterocycles. The lowest BCUT2D eigenvalue weighted by atomic mass is 10.1. The Bertz CT molecular complexity index is 1130. The molecule has 0 spiro atoms. The molecular weight excluding hydrogens is 461 g/mol. The lowest BCUT2D eigenvalue weighted by Gasteiger charge is -2.33. The van der Waals surface area contributed by atoms with E-state index in [-0.39, 0.29) is 17.8 Å². The van der Waals surface area contributed by atoms with Crippen molar-refractivity contribution in [1.82, 2.24) is 10.2 Å². The van der Waals surface area contributed by atoms with E-state index in [0.29, 0.717) is 5.75 Å². The van der Waals surface area contributed by atoms with Crippen LogP contribution in [0.15, 0.2) is 48.5 Å². The van der Waals surface area contributed by atoms with Gasteiger partial charge in [0.05, 0.1) is 19.1 Å². The molecule has 0 aliphatic rings. The van der Waals surface area contributed by atoms with Crippen LogP contribution in [0.4, 0.5) is 10.1 Å². The number of halogens is 1. The number of ether oxygens (including phenoxy) is 1. The number of nitrogens with one attached hydrogen (secondary N) is 1. The van der Waals surface area contributed by atoms with Crippen LogP contribution in [-0.4, -0.2) is 56.6 Å². The van der Waals surface area contributed by atoms with Crippen LogP contribution < -0.4 is 14.4 Å². The minimum Gasteiger partial charge on any atom is -0.497 e. The Kier molecular flexibility index (Phi) is 8.66. The summed E-state index contributed by atoms with van der Waals surface area (Å²) >= 11 is 0. The fourth-order valence-electron chi connectivity index (χ4n) is 3.25. The molecule has 186 valence electrons. The average Bonchev–Trinajstić information content (AvgIpc) is 2.74. The van der Waals surface area contributed by atoms with Gasteiger partial charge in [-0.1, -0.05) is 24.3 Å². The topological polar surface area (TPSA) is 96.0 Å². The lowest BCUT2D eigenvalue weighted by Crippen LogP contribution is -2.54. The normalized spacial score (nSPS) is 12.6. The summed E-state index contributed by atoms with van der Waals surface area (Å²) in [6.45, 7) is 6.14. The first-order chi connectivity index (χ1) is 15.7. The Labute approximate surface area is 200 Å². The molecule has 34 heavy (non-hydrogen) atoms. The number of carbonyl (C=O) groups is 2. The van der Waals surface area contributed by atoms with Crippen molar-refractivity contribution in [2.45, 2.75) is 45.8 Å². The van der Waals surface area contributed by atoms with Gasteiger partial charge in [-0.15, -0.1) is 0 Å². The number of amides is 2. The van der Waals surface area contributed by atoms with Crippen LogP contribution in [0.2, 0.25) is 0 Å². The van der Waals surface area contributed by atoms with Crippen LogP contribution in [0.25, 0.3) is 0 Å². The summed E-state index contributed by atoms with van der Waals surface area (Å²) in [4.78, 5) is 27.5. The highest BCUT2D eigenvalue weighted by atomic mass is 32.2. The molecule has 2 rings (SSSR count). The lowest BCUT2D eigenvalue weighted by molar-refractivity contribution is -0.140. The summed E-state index contributed by atoms with van der Waals surface area (Å²) in [7, 11) is -2.43. The minimum absolute atomic E-state index is 0.207. The van der Waals surface area contributed by atoms with Crippen LogP contribution in [0, 0.1) is 5.82 Å². The highest BCUT2D eigenvalue weighted by molar-refractivity contribution is 7.92. The van der Waals surface area contributed by atoms with Crippen LogP contribution in [-0.2, 0) is 26.2 Å². The maximum atomic E-state index is 14.4. The molecule has 0 radical (unpaired) electrons. The fourth-order valence-corrected chi connectivity index (χ4v) is 4.09. The maximum absolute atomic E-state index is 14.4. The number of hydrogen-bond donors (Lipinski definition) is 1. The quantitative estimate of drug-likeness (QED) is 0.580. The molecule has 8 nitrogen and oxygen atoms in total. The molecule has 0 bridgehead atoms. The van der Waals surface area contributed by atoms with Gasteiger partial charge in [0.2, 0.25) is 21.8 Å². The molecule has 0 saturated carbocycles. The molecular formula is C24H32FN3O5S. The van der Waals surface area contributed by atoms with Crippen molar-refractivity contribution in [2.24, 2.45) is 0 Å². The van der Waals surface area contributed by atoms with Gasteiger partial charge in [-0.3, -0.25) is 13.9 Å². The van der Waals surface area contributed by atoms with Crippen molar-refractivity contribution in [3.8, 4) is 5.75 Å². The zero-order valence-electron chi connectivity index (χ0n) is 20.3. The van der Waals surface area contributed by atoms with E-state index in [9.17, 15) is 22.4 Å². The van der Waals surface area contributed by atoms with E-state index in [4.69, 9.17) is 4.74 Å². The van der Waals surface area contributed by atoms with E-state index in [1.165, 1.54) is 49.3 Å². The van der Waals surface area contributed by atoms with Crippen molar-refractivity contribution in [3.05, 3.63) is 59.9 Å².